The number of nitrogens with zero attached hydrogens (tertiary/aromatic N) is 1. The van der Waals surface area contributed by atoms with Gasteiger partial charge in [-0.05, 0) is 51.9 Å². The number of imidazole rings is 1. The minimum atomic E-state index is -0.174. The van der Waals surface area contributed by atoms with Crippen LogP contribution in [0.15, 0.2) is 29.0 Å². The molecule has 88 valence electrons. The molecule has 17 heavy (non-hydrogen) atoms. The SMILES string of the molecule is NC(c1ccc2c(c1)CCC2)c1ncc(Br)[nH]1. The number of fused-ring (bicyclic) bond motifs is 1. The summed E-state index contributed by atoms with van der Waals surface area (Å²) in [4.78, 5) is 7.38. The van der Waals surface area contributed by atoms with Crippen LogP contribution in [0, 0.1) is 0 Å². The first-order chi connectivity index (χ1) is 8.24. The number of aromatic nitrogens is 2. The Morgan fingerprint density at radius 2 is 2.12 bits per heavy atom. The van der Waals surface area contributed by atoms with Crippen LogP contribution < -0.4 is 5.73 Å². The molecule has 3 N–H and O–H groups in total. The van der Waals surface area contributed by atoms with Crippen molar-refractivity contribution in [3.05, 3.63) is 51.5 Å². The predicted molar refractivity (Wildman–Crippen MR) is 70.8 cm³/mol. The van der Waals surface area contributed by atoms with E-state index in [0.717, 1.165) is 16.0 Å². The molecule has 0 amide bonds. The normalized spacial score (nSPS) is 15.9. The number of hydrogen-bond donors (Lipinski definition) is 2. The van der Waals surface area contributed by atoms with Crippen molar-refractivity contribution in [1.82, 2.24) is 9.97 Å². The quantitative estimate of drug-likeness (QED) is 0.894. The van der Waals surface area contributed by atoms with Gasteiger partial charge in [-0.3, -0.25) is 0 Å². The fourth-order valence-corrected chi connectivity index (χ4v) is 2.72. The van der Waals surface area contributed by atoms with Crippen molar-refractivity contribution in [2.24, 2.45) is 5.73 Å². The number of aryl methyl sites for hydroxylation is 2. The summed E-state index contributed by atoms with van der Waals surface area (Å²) >= 11 is 3.35. The van der Waals surface area contributed by atoms with Crippen molar-refractivity contribution in [2.45, 2.75) is 25.3 Å². The van der Waals surface area contributed by atoms with Crippen LogP contribution in [0.4, 0.5) is 0 Å². The largest absolute Gasteiger partial charge is 0.335 e. The topological polar surface area (TPSA) is 54.7 Å². The van der Waals surface area contributed by atoms with Crippen LogP contribution in [0.25, 0.3) is 0 Å². The van der Waals surface area contributed by atoms with Crippen LogP contribution in [-0.2, 0) is 12.8 Å². The van der Waals surface area contributed by atoms with E-state index in [9.17, 15) is 0 Å². The number of aromatic amines is 1. The molecule has 0 aliphatic heterocycles. The highest BCUT2D eigenvalue weighted by Crippen LogP contribution is 2.26. The maximum atomic E-state index is 6.21. The Morgan fingerprint density at radius 1 is 1.29 bits per heavy atom. The van der Waals surface area contributed by atoms with Crippen molar-refractivity contribution < 1.29 is 0 Å². The van der Waals surface area contributed by atoms with E-state index in [-0.39, 0.29) is 6.04 Å². The van der Waals surface area contributed by atoms with Crippen LogP contribution in [0.2, 0.25) is 0 Å². The highest BCUT2D eigenvalue weighted by atomic mass is 79.9. The minimum absolute atomic E-state index is 0.174. The summed E-state index contributed by atoms with van der Waals surface area (Å²) in [6, 6.07) is 6.37. The van der Waals surface area contributed by atoms with Crippen LogP contribution in [0.1, 0.15) is 35.0 Å². The number of nitrogens with two attached hydrogens (primary N) is 1. The monoisotopic (exact) mass is 291 g/mol. The molecule has 1 atom stereocenters. The number of rotatable bonds is 2. The maximum Gasteiger partial charge on any atom is 0.128 e. The lowest BCUT2D eigenvalue weighted by Crippen LogP contribution is -2.13. The molecule has 3 nitrogen and oxygen atoms in total. The molecule has 0 spiro atoms. The molecular weight excluding hydrogens is 278 g/mol. The molecule has 1 aromatic carbocycles. The third kappa shape index (κ3) is 2.03. The summed E-state index contributed by atoms with van der Waals surface area (Å²) in [5, 5.41) is 0. The van der Waals surface area contributed by atoms with Crippen molar-refractivity contribution in [2.75, 3.05) is 0 Å². The average molecular weight is 292 g/mol. The van der Waals surface area contributed by atoms with Crippen LogP contribution in [0.5, 0.6) is 0 Å². The van der Waals surface area contributed by atoms with Crippen molar-refractivity contribution >= 4 is 15.9 Å². The van der Waals surface area contributed by atoms with E-state index in [4.69, 9.17) is 5.73 Å². The van der Waals surface area contributed by atoms with Gasteiger partial charge in [-0.25, -0.2) is 4.98 Å². The van der Waals surface area contributed by atoms with E-state index < -0.39 is 0 Å². The van der Waals surface area contributed by atoms with Gasteiger partial charge < -0.3 is 10.7 Å². The molecule has 0 fully saturated rings. The summed E-state index contributed by atoms with van der Waals surface area (Å²) in [7, 11) is 0. The van der Waals surface area contributed by atoms with E-state index in [0.29, 0.717) is 0 Å². The highest BCUT2D eigenvalue weighted by Gasteiger charge is 2.16. The first-order valence-electron chi connectivity index (χ1n) is 5.82. The van der Waals surface area contributed by atoms with Gasteiger partial charge in [0.25, 0.3) is 0 Å². The Bertz CT molecular complexity index is 547. The molecule has 2 aromatic rings. The molecule has 1 aliphatic rings. The summed E-state index contributed by atoms with van der Waals surface area (Å²) in [6.07, 6.45) is 5.39. The Balaban J connectivity index is 1.94. The Hall–Kier alpha value is -1.13. The number of hydrogen-bond acceptors (Lipinski definition) is 2. The van der Waals surface area contributed by atoms with Crippen molar-refractivity contribution in [3.8, 4) is 0 Å². The van der Waals surface area contributed by atoms with Gasteiger partial charge in [-0.15, -0.1) is 0 Å². The molecular formula is C13H14BrN3. The lowest BCUT2D eigenvalue weighted by atomic mass is 10.0. The second-order valence-electron chi connectivity index (χ2n) is 4.48. The Labute approximate surface area is 109 Å². The zero-order valence-corrected chi connectivity index (χ0v) is 11.0. The zero-order chi connectivity index (χ0) is 11.8. The second-order valence-corrected chi connectivity index (χ2v) is 5.33. The minimum Gasteiger partial charge on any atom is -0.335 e. The number of nitrogens with one attached hydrogen (secondary N) is 1. The van der Waals surface area contributed by atoms with Crippen molar-refractivity contribution in [3.63, 3.8) is 0 Å². The molecule has 1 aromatic heterocycles. The van der Waals surface area contributed by atoms with E-state index in [1.54, 1.807) is 6.20 Å². The fraction of sp³-hybridized carbons (Fsp3) is 0.308. The lowest BCUT2D eigenvalue weighted by molar-refractivity contribution is 0.797. The average Bonchev–Trinajstić information content (AvgIpc) is 2.95. The van der Waals surface area contributed by atoms with Gasteiger partial charge in [0, 0.05) is 0 Å². The molecule has 0 radical (unpaired) electrons. The van der Waals surface area contributed by atoms with Gasteiger partial charge in [0.15, 0.2) is 0 Å². The molecule has 4 heteroatoms. The van der Waals surface area contributed by atoms with Crippen molar-refractivity contribution in [1.29, 1.82) is 0 Å². The smallest absolute Gasteiger partial charge is 0.128 e. The highest BCUT2D eigenvalue weighted by molar-refractivity contribution is 9.10. The molecule has 0 saturated carbocycles. The van der Waals surface area contributed by atoms with Crippen LogP contribution in [-0.4, -0.2) is 9.97 Å². The summed E-state index contributed by atoms with van der Waals surface area (Å²) in [6.45, 7) is 0. The van der Waals surface area contributed by atoms with Gasteiger partial charge in [0.2, 0.25) is 0 Å². The fourth-order valence-electron chi connectivity index (χ4n) is 2.41. The molecule has 3 rings (SSSR count). The van der Waals surface area contributed by atoms with Gasteiger partial charge in [-0.1, -0.05) is 18.2 Å². The molecule has 1 aliphatic carbocycles. The number of benzene rings is 1. The van der Waals surface area contributed by atoms with Gasteiger partial charge in [0.05, 0.1) is 12.2 Å². The van der Waals surface area contributed by atoms with Gasteiger partial charge in [-0.2, -0.15) is 0 Å². The lowest BCUT2D eigenvalue weighted by Gasteiger charge is -2.11. The van der Waals surface area contributed by atoms with Crippen LogP contribution in [0.3, 0.4) is 0 Å². The van der Waals surface area contributed by atoms with E-state index in [1.807, 2.05) is 0 Å². The molecule has 1 unspecified atom stereocenters. The molecule has 1 heterocycles. The van der Waals surface area contributed by atoms with Crippen LogP contribution >= 0.6 is 15.9 Å². The Morgan fingerprint density at radius 3 is 2.88 bits per heavy atom. The predicted octanol–water partition coefficient (Wildman–Crippen LogP) is 2.71. The third-order valence-electron chi connectivity index (χ3n) is 3.34. The first kappa shape index (κ1) is 11.0. The van der Waals surface area contributed by atoms with E-state index in [2.05, 4.69) is 44.1 Å². The zero-order valence-electron chi connectivity index (χ0n) is 9.41. The van der Waals surface area contributed by atoms with Gasteiger partial charge in [0.1, 0.15) is 10.4 Å². The van der Waals surface area contributed by atoms with Gasteiger partial charge >= 0.3 is 0 Å². The summed E-state index contributed by atoms with van der Waals surface area (Å²) in [5.74, 6) is 0.801. The second kappa shape index (κ2) is 4.27. The maximum absolute atomic E-state index is 6.21. The van der Waals surface area contributed by atoms with E-state index >= 15 is 0 Å². The van der Waals surface area contributed by atoms with E-state index in [1.165, 1.54) is 30.4 Å². The standard InChI is InChI=1S/C13H14BrN3/c14-11-7-16-13(17-11)12(15)10-5-4-8-2-1-3-9(8)6-10/h4-7,12H,1-3,15H2,(H,16,17). The first-order valence-corrected chi connectivity index (χ1v) is 6.61. The third-order valence-corrected chi connectivity index (χ3v) is 3.74. The summed E-state index contributed by atoms with van der Waals surface area (Å²) < 4.78 is 0.865. The molecule has 0 saturated heterocycles. The Kier molecular flexibility index (Phi) is 2.76. The number of halogens is 1. The molecule has 0 bridgehead atoms. The summed E-state index contributed by atoms with van der Waals surface area (Å²) in [5.41, 5.74) is 10.3. The number of H-pyrrole nitrogens is 1.